The van der Waals surface area contributed by atoms with Gasteiger partial charge >= 0.3 is 0 Å². The first-order valence-corrected chi connectivity index (χ1v) is 7.40. The SMILES string of the molecule is CS[C@@H](Sc1ccccn1)[C@@H](O)C(C)(C)C. The molecule has 0 saturated carbocycles. The molecule has 0 aromatic carbocycles. The summed E-state index contributed by atoms with van der Waals surface area (Å²) in [4.78, 5) is 4.27. The quantitative estimate of drug-likeness (QED) is 0.663. The summed E-state index contributed by atoms with van der Waals surface area (Å²) in [6.07, 6.45) is 3.45. The molecule has 4 heteroatoms. The Morgan fingerprint density at radius 3 is 2.44 bits per heavy atom. The van der Waals surface area contributed by atoms with E-state index < -0.39 is 0 Å². The van der Waals surface area contributed by atoms with E-state index in [-0.39, 0.29) is 16.1 Å². The number of pyridine rings is 1. The molecule has 1 rings (SSSR count). The standard InChI is InChI=1S/C12H19NOS2/c1-12(2,3)10(14)11(15-4)16-9-7-5-6-8-13-9/h5-8,10-11,14H,1-4H3/t10-,11+/m1/s1. The summed E-state index contributed by atoms with van der Waals surface area (Å²) >= 11 is 3.30. The normalized spacial score (nSPS) is 15.8. The molecule has 0 unspecified atom stereocenters. The molecule has 2 atom stereocenters. The van der Waals surface area contributed by atoms with E-state index in [0.29, 0.717) is 0 Å². The third-order valence-electron chi connectivity index (χ3n) is 2.25. The van der Waals surface area contributed by atoms with Crippen LogP contribution in [0.5, 0.6) is 0 Å². The summed E-state index contributed by atoms with van der Waals surface area (Å²) in [6.45, 7) is 6.17. The average Bonchev–Trinajstić information content (AvgIpc) is 2.25. The summed E-state index contributed by atoms with van der Waals surface area (Å²) in [7, 11) is 0. The Kier molecular flexibility index (Phi) is 5.15. The maximum atomic E-state index is 10.2. The summed E-state index contributed by atoms with van der Waals surface area (Å²) in [6, 6.07) is 5.85. The fourth-order valence-electron chi connectivity index (χ4n) is 1.19. The van der Waals surface area contributed by atoms with Crippen LogP contribution in [0.1, 0.15) is 20.8 Å². The molecule has 0 spiro atoms. The fraction of sp³-hybridized carbons (Fsp3) is 0.583. The Labute approximate surface area is 106 Å². The Morgan fingerprint density at radius 2 is 2.00 bits per heavy atom. The highest BCUT2D eigenvalue weighted by Gasteiger charge is 2.30. The molecule has 0 amide bonds. The highest BCUT2D eigenvalue weighted by atomic mass is 32.2. The first kappa shape index (κ1) is 13.9. The smallest absolute Gasteiger partial charge is 0.0971 e. The van der Waals surface area contributed by atoms with E-state index in [9.17, 15) is 5.11 Å². The van der Waals surface area contributed by atoms with Crippen molar-refractivity contribution in [3.8, 4) is 0 Å². The molecule has 1 N–H and O–H groups in total. The van der Waals surface area contributed by atoms with Crippen LogP contribution in [-0.4, -0.2) is 27.0 Å². The molecule has 1 aromatic heterocycles. The van der Waals surface area contributed by atoms with Crippen molar-refractivity contribution in [1.82, 2.24) is 4.98 Å². The number of aromatic nitrogens is 1. The third-order valence-corrected chi connectivity index (χ3v) is 4.81. The molecule has 0 fully saturated rings. The zero-order valence-corrected chi connectivity index (χ0v) is 11.8. The summed E-state index contributed by atoms with van der Waals surface area (Å²) in [5.41, 5.74) is -0.102. The zero-order chi connectivity index (χ0) is 12.2. The average molecular weight is 257 g/mol. The molecule has 16 heavy (non-hydrogen) atoms. The molecule has 0 aliphatic heterocycles. The minimum atomic E-state index is -0.352. The van der Waals surface area contributed by atoms with Crippen molar-refractivity contribution < 1.29 is 5.11 Å². The minimum absolute atomic E-state index is 0.102. The van der Waals surface area contributed by atoms with E-state index in [4.69, 9.17) is 0 Å². The van der Waals surface area contributed by atoms with Crippen LogP contribution in [0.3, 0.4) is 0 Å². The topological polar surface area (TPSA) is 33.1 Å². The number of hydrogen-bond acceptors (Lipinski definition) is 4. The van der Waals surface area contributed by atoms with Gasteiger partial charge in [0.1, 0.15) is 0 Å². The van der Waals surface area contributed by atoms with Gasteiger partial charge in [0.05, 0.1) is 15.7 Å². The molecular weight excluding hydrogens is 238 g/mol. The van der Waals surface area contributed by atoms with E-state index in [1.165, 1.54) is 0 Å². The highest BCUT2D eigenvalue weighted by molar-refractivity contribution is 8.16. The first-order chi connectivity index (χ1) is 7.45. The van der Waals surface area contributed by atoms with Gasteiger partial charge in [0.2, 0.25) is 0 Å². The van der Waals surface area contributed by atoms with Crippen LogP contribution in [0.2, 0.25) is 0 Å². The van der Waals surface area contributed by atoms with E-state index >= 15 is 0 Å². The molecule has 1 aromatic rings. The predicted octanol–water partition coefficient (Wildman–Crippen LogP) is 3.27. The van der Waals surface area contributed by atoms with Crippen LogP contribution >= 0.6 is 23.5 Å². The van der Waals surface area contributed by atoms with Gasteiger partial charge in [-0.2, -0.15) is 0 Å². The molecule has 0 aliphatic rings. The van der Waals surface area contributed by atoms with Gasteiger partial charge < -0.3 is 5.11 Å². The Morgan fingerprint density at radius 1 is 1.31 bits per heavy atom. The minimum Gasteiger partial charge on any atom is -0.391 e. The van der Waals surface area contributed by atoms with Gasteiger partial charge in [-0.05, 0) is 23.8 Å². The highest BCUT2D eigenvalue weighted by Crippen LogP contribution is 2.37. The predicted molar refractivity (Wildman–Crippen MR) is 72.9 cm³/mol. The van der Waals surface area contributed by atoms with Gasteiger partial charge in [-0.1, -0.05) is 38.6 Å². The number of nitrogens with zero attached hydrogens (tertiary/aromatic N) is 1. The van der Waals surface area contributed by atoms with Crippen LogP contribution in [0.15, 0.2) is 29.4 Å². The van der Waals surface area contributed by atoms with Crippen LogP contribution < -0.4 is 0 Å². The number of hydrogen-bond donors (Lipinski definition) is 1. The molecule has 0 aliphatic carbocycles. The van der Waals surface area contributed by atoms with Crippen molar-refractivity contribution >= 4 is 23.5 Å². The Balaban J connectivity index is 2.70. The van der Waals surface area contributed by atoms with Crippen molar-refractivity contribution in [1.29, 1.82) is 0 Å². The van der Waals surface area contributed by atoms with Gasteiger partial charge in [0, 0.05) is 6.20 Å². The van der Waals surface area contributed by atoms with E-state index in [0.717, 1.165) is 5.03 Å². The van der Waals surface area contributed by atoms with Crippen molar-refractivity contribution in [2.45, 2.75) is 36.5 Å². The van der Waals surface area contributed by atoms with E-state index in [2.05, 4.69) is 25.8 Å². The molecule has 2 nitrogen and oxygen atoms in total. The van der Waals surface area contributed by atoms with Crippen molar-refractivity contribution in [3.63, 3.8) is 0 Å². The van der Waals surface area contributed by atoms with Gasteiger partial charge in [-0.3, -0.25) is 0 Å². The second-order valence-electron chi connectivity index (χ2n) is 4.70. The van der Waals surface area contributed by atoms with Gasteiger partial charge in [0.15, 0.2) is 0 Å². The largest absolute Gasteiger partial charge is 0.391 e. The number of thioether (sulfide) groups is 2. The second kappa shape index (κ2) is 5.94. The van der Waals surface area contributed by atoms with Crippen molar-refractivity contribution in [3.05, 3.63) is 24.4 Å². The fourth-order valence-corrected chi connectivity index (χ4v) is 3.59. The summed E-state index contributed by atoms with van der Waals surface area (Å²) in [5, 5.41) is 11.2. The third kappa shape index (κ3) is 4.00. The van der Waals surface area contributed by atoms with Crippen LogP contribution in [0.4, 0.5) is 0 Å². The van der Waals surface area contributed by atoms with Gasteiger partial charge in [-0.25, -0.2) is 4.98 Å². The van der Waals surface area contributed by atoms with Crippen molar-refractivity contribution in [2.24, 2.45) is 5.41 Å². The summed E-state index contributed by atoms with van der Waals surface area (Å²) < 4.78 is 0.120. The van der Waals surface area contributed by atoms with Crippen LogP contribution in [-0.2, 0) is 0 Å². The summed E-state index contributed by atoms with van der Waals surface area (Å²) in [5.74, 6) is 0. The van der Waals surface area contributed by atoms with Gasteiger partial charge in [0.25, 0.3) is 0 Å². The molecule has 0 bridgehead atoms. The number of aliphatic hydroxyl groups is 1. The Bertz CT molecular complexity index is 311. The lowest BCUT2D eigenvalue weighted by molar-refractivity contribution is 0.0778. The number of aliphatic hydroxyl groups excluding tert-OH is 1. The lowest BCUT2D eigenvalue weighted by Crippen LogP contribution is -2.34. The molecular formula is C12H19NOS2. The van der Waals surface area contributed by atoms with E-state index in [1.807, 2.05) is 24.5 Å². The maximum absolute atomic E-state index is 10.2. The zero-order valence-electron chi connectivity index (χ0n) is 10.2. The molecule has 0 radical (unpaired) electrons. The molecule has 90 valence electrons. The Hall–Kier alpha value is -0.190. The second-order valence-corrected chi connectivity index (χ2v) is 7.14. The maximum Gasteiger partial charge on any atom is 0.0971 e. The number of rotatable bonds is 4. The lowest BCUT2D eigenvalue weighted by atomic mass is 9.90. The van der Waals surface area contributed by atoms with Crippen molar-refractivity contribution in [2.75, 3.05) is 6.26 Å². The first-order valence-electron chi connectivity index (χ1n) is 5.23. The van der Waals surface area contributed by atoms with E-state index in [1.54, 1.807) is 29.7 Å². The van der Waals surface area contributed by atoms with Gasteiger partial charge in [-0.15, -0.1) is 11.8 Å². The van der Waals surface area contributed by atoms with Crippen LogP contribution in [0, 0.1) is 5.41 Å². The molecule has 0 saturated heterocycles. The lowest BCUT2D eigenvalue weighted by Gasteiger charge is -2.31. The molecule has 1 heterocycles. The monoisotopic (exact) mass is 257 g/mol. The van der Waals surface area contributed by atoms with Crippen LogP contribution in [0.25, 0.3) is 0 Å².